The maximum atomic E-state index is 14.1. The van der Waals surface area contributed by atoms with Crippen molar-refractivity contribution in [3.05, 3.63) is 65.7 Å². The highest BCUT2D eigenvalue weighted by Crippen LogP contribution is 2.36. The Hall–Kier alpha value is -2.47. The zero-order chi connectivity index (χ0) is 18.8. The Bertz CT molecular complexity index is 971. The first-order chi connectivity index (χ1) is 13.2. The number of hydrogen-bond acceptors (Lipinski definition) is 4. The summed E-state index contributed by atoms with van der Waals surface area (Å²) in [4.78, 5) is 14.7. The fourth-order valence-electron chi connectivity index (χ4n) is 3.42. The summed E-state index contributed by atoms with van der Waals surface area (Å²) in [7, 11) is 1.58. The molecule has 1 saturated heterocycles. The molecule has 0 bridgehead atoms. The van der Waals surface area contributed by atoms with Gasteiger partial charge in [0.15, 0.2) is 17.1 Å². The number of hydrogen-bond donors (Lipinski definition) is 0. The SMILES string of the molecule is COc1cccc2cc(C(=O)N3CCS[C@H](c4ccccc4F)CC3)oc12. The van der Waals surface area contributed by atoms with E-state index in [0.29, 0.717) is 42.2 Å². The molecule has 6 heteroatoms. The minimum absolute atomic E-state index is 0.0553. The lowest BCUT2D eigenvalue weighted by Gasteiger charge is -2.19. The second-order valence-corrected chi connectivity index (χ2v) is 7.76. The van der Waals surface area contributed by atoms with Crippen molar-refractivity contribution in [2.75, 3.05) is 26.0 Å². The summed E-state index contributed by atoms with van der Waals surface area (Å²) in [5.41, 5.74) is 1.29. The molecule has 1 aliphatic heterocycles. The van der Waals surface area contributed by atoms with Crippen LogP contribution in [0.15, 0.2) is 52.9 Å². The van der Waals surface area contributed by atoms with Gasteiger partial charge in [0, 0.05) is 35.0 Å². The quantitative estimate of drug-likeness (QED) is 0.643. The summed E-state index contributed by atoms with van der Waals surface area (Å²) in [6.07, 6.45) is 0.709. The molecule has 2 aromatic carbocycles. The third-order valence-electron chi connectivity index (χ3n) is 4.82. The molecule has 140 valence electrons. The number of amides is 1. The van der Waals surface area contributed by atoms with E-state index in [1.807, 2.05) is 30.3 Å². The van der Waals surface area contributed by atoms with E-state index in [1.165, 1.54) is 6.07 Å². The van der Waals surface area contributed by atoms with Crippen LogP contribution in [0, 0.1) is 5.82 Å². The van der Waals surface area contributed by atoms with Crippen molar-refractivity contribution in [3.8, 4) is 5.75 Å². The average Bonchev–Trinajstić information content (AvgIpc) is 2.98. The van der Waals surface area contributed by atoms with Gasteiger partial charge in [-0.2, -0.15) is 11.8 Å². The van der Waals surface area contributed by atoms with Gasteiger partial charge in [-0.1, -0.05) is 30.3 Å². The van der Waals surface area contributed by atoms with Gasteiger partial charge in [0.1, 0.15) is 5.82 Å². The molecule has 0 saturated carbocycles. The molecule has 1 aliphatic rings. The zero-order valence-corrected chi connectivity index (χ0v) is 15.8. The smallest absolute Gasteiger partial charge is 0.289 e. The molecule has 0 spiro atoms. The van der Waals surface area contributed by atoms with Crippen molar-refractivity contribution in [1.29, 1.82) is 0 Å². The fourth-order valence-corrected chi connectivity index (χ4v) is 4.67. The van der Waals surface area contributed by atoms with E-state index >= 15 is 0 Å². The molecule has 1 fully saturated rings. The normalized spacial score (nSPS) is 17.7. The number of thioether (sulfide) groups is 1. The van der Waals surface area contributed by atoms with Crippen molar-refractivity contribution >= 4 is 28.6 Å². The molecule has 0 unspecified atom stereocenters. The largest absolute Gasteiger partial charge is 0.493 e. The third kappa shape index (κ3) is 3.54. The highest BCUT2D eigenvalue weighted by molar-refractivity contribution is 7.99. The number of carbonyl (C=O) groups is 1. The van der Waals surface area contributed by atoms with Crippen molar-refractivity contribution in [2.24, 2.45) is 0 Å². The Morgan fingerprint density at radius 3 is 2.89 bits per heavy atom. The number of rotatable bonds is 3. The van der Waals surface area contributed by atoms with Gasteiger partial charge in [-0.15, -0.1) is 0 Å². The predicted molar refractivity (Wildman–Crippen MR) is 105 cm³/mol. The summed E-state index contributed by atoms with van der Waals surface area (Å²) < 4.78 is 25.2. The molecule has 3 aromatic rings. The second kappa shape index (κ2) is 7.64. The molecule has 1 amide bonds. The number of fused-ring (bicyclic) bond motifs is 1. The van der Waals surface area contributed by atoms with Gasteiger partial charge in [0.05, 0.1) is 7.11 Å². The van der Waals surface area contributed by atoms with E-state index in [4.69, 9.17) is 9.15 Å². The molecular weight excluding hydrogens is 365 g/mol. The maximum Gasteiger partial charge on any atom is 0.289 e. The van der Waals surface area contributed by atoms with Gasteiger partial charge >= 0.3 is 0 Å². The van der Waals surface area contributed by atoms with Gasteiger partial charge in [0.25, 0.3) is 5.91 Å². The van der Waals surface area contributed by atoms with Gasteiger partial charge in [-0.3, -0.25) is 4.79 Å². The lowest BCUT2D eigenvalue weighted by atomic mass is 10.1. The van der Waals surface area contributed by atoms with Crippen LogP contribution >= 0.6 is 11.8 Å². The fraction of sp³-hybridized carbons (Fsp3) is 0.286. The predicted octanol–water partition coefficient (Wildman–Crippen LogP) is 4.90. The third-order valence-corrected chi connectivity index (χ3v) is 6.13. The summed E-state index contributed by atoms with van der Waals surface area (Å²) >= 11 is 1.69. The summed E-state index contributed by atoms with van der Waals surface area (Å²) in [6.45, 7) is 1.18. The Kier molecular flexibility index (Phi) is 5.07. The highest BCUT2D eigenvalue weighted by atomic mass is 32.2. The molecule has 1 atom stereocenters. The number of benzene rings is 2. The second-order valence-electron chi connectivity index (χ2n) is 6.45. The van der Waals surface area contributed by atoms with Crippen molar-refractivity contribution < 1.29 is 18.3 Å². The molecule has 27 heavy (non-hydrogen) atoms. The molecule has 0 aliphatic carbocycles. The van der Waals surface area contributed by atoms with Crippen LogP contribution in [0.1, 0.15) is 27.8 Å². The summed E-state index contributed by atoms with van der Waals surface area (Å²) in [5.74, 6) is 1.36. The Morgan fingerprint density at radius 1 is 1.22 bits per heavy atom. The van der Waals surface area contributed by atoms with E-state index < -0.39 is 0 Å². The first kappa shape index (κ1) is 17.9. The van der Waals surface area contributed by atoms with Crippen LogP contribution in [0.4, 0.5) is 4.39 Å². The summed E-state index contributed by atoms with van der Waals surface area (Å²) in [6, 6.07) is 14.2. The Labute approximate surface area is 161 Å². The number of para-hydroxylation sites is 1. The summed E-state index contributed by atoms with van der Waals surface area (Å²) in [5, 5.41) is 0.894. The molecular formula is C21H20FNO3S. The molecule has 1 aromatic heterocycles. The van der Waals surface area contributed by atoms with Crippen molar-refractivity contribution in [3.63, 3.8) is 0 Å². The standard InChI is InChI=1S/C21H20FNO3S/c1-25-17-8-4-5-14-13-18(26-20(14)17)21(24)23-10-9-19(27-12-11-23)15-6-2-3-7-16(15)22/h2-8,13,19H,9-12H2,1H3/t19-/m0/s1. The zero-order valence-electron chi connectivity index (χ0n) is 15.0. The molecule has 0 radical (unpaired) electrons. The molecule has 4 nitrogen and oxygen atoms in total. The van der Waals surface area contributed by atoms with E-state index in [1.54, 1.807) is 35.9 Å². The number of furan rings is 1. The minimum Gasteiger partial charge on any atom is -0.493 e. The number of ether oxygens (including phenoxy) is 1. The van der Waals surface area contributed by atoms with Crippen LogP contribution in [0.5, 0.6) is 5.75 Å². The van der Waals surface area contributed by atoms with E-state index in [9.17, 15) is 9.18 Å². The number of methoxy groups -OCH3 is 1. The van der Waals surface area contributed by atoms with Crippen molar-refractivity contribution in [1.82, 2.24) is 4.90 Å². The Morgan fingerprint density at radius 2 is 2.07 bits per heavy atom. The maximum absolute atomic E-state index is 14.1. The van der Waals surface area contributed by atoms with Gasteiger partial charge in [-0.05, 0) is 24.6 Å². The van der Waals surface area contributed by atoms with Crippen molar-refractivity contribution in [2.45, 2.75) is 11.7 Å². The van der Waals surface area contributed by atoms with Crippen LogP contribution in [-0.2, 0) is 0 Å². The molecule has 2 heterocycles. The minimum atomic E-state index is -0.181. The van der Waals surface area contributed by atoms with Gasteiger partial charge in [0.2, 0.25) is 0 Å². The number of nitrogens with zero attached hydrogens (tertiary/aromatic N) is 1. The van der Waals surface area contributed by atoms with Gasteiger partial charge in [-0.25, -0.2) is 4.39 Å². The van der Waals surface area contributed by atoms with Crippen LogP contribution in [-0.4, -0.2) is 36.8 Å². The van der Waals surface area contributed by atoms with Crippen LogP contribution < -0.4 is 4.74 Å². The van der Waals surface area contributed by atoms with Crippen LogP contribution in [0.2, 0.25) is 0 Å². The van der Waals surface area contributed by atoms with E-state index in [2.05, 4.69) is 0 Å². The average molecular weight is 385 g/mol. The molecule has 4 rings (SSSR count). The lowest BCUT2D eigenvalue weighted by Crippen LogP contribution is -2.32. The first-order valence-corrected chi connectivity index (χ1v) is 9.94. The number of halogens is 1. The first-order valence-electron chi connectivity index (χ1n) is 8.89. The Balaban J connectivity index is 1.52. The number of carbonyl (C=O) groups excluding carboxylic acids is 1. The monoisotopic (exact) mass is 385 g/mol. The van der Waals surface area contributed by atoms with E-state index in [-0.39, 0.29) is 17.0 Å². The topological polar surface area (TPSA) is 42.7 Å². The highest BCUT2D eigenvalue weighted by Gasteiger charge is 2.26. The molecule has 0 N–H and O–H groups in total. The van der Waals surface area contributed by atoms with Gasteiger partial charge < -0.3 is 14.1 Å². The lowest BCUT2D eigenvalue weighted by molar-refractivity contribution is 0.0737. The van der Waals surface area contributed by atoms with Crippen LogP contribution in [0.25, 0.3) is 11.0 Å². The van der Waals surface area contributed by atoms with Crippen LogP contribution in [0.3, 0.4) is 0 Å². The van der Waals surface area contributed by atoms with E-state index in [0.717, 1.165) is 11.1 Å².